The monoisotopic (exact) mass is 408 g/mol. The van der Waals surface area contributed by atoms with Crippen LogP contribution < -0.4 is 10.6 Å². The van der Waals surface area contributed by atoms with E-state index in [-0.39, 0.29) is 30.7 Å². The highest BCUT2D eigenvalue weighted by molar-refractivity contribution is 5.95. The van der Waals surface area contributed by atoms with Gasteiger partial charge in [-0.05, 0) is 30.7 Å². The number of amides is 1. The van der Waals surface area contributed by atoms with Crippen molar-refractivity contribution in [3.05, 3.63) is 72.2 Å². The number of aliphatic hydroxyl groups excluding tert-OH is 1. The van der Waals surface area contributed by atoms with E-state index in [1.54, 1.807) is 24.7 Å². The second-order valence-corrected chi connectivity index (χ2v) is 6.37. The van der Waals surface area contributed by atoms with Crippen molar-refractivity contribution in [2.75, 3.05) is 13.1 Å². The minimum atomic E-state index is -0.798. The van der Waals surface area contributed by atoms with Crippen molar-refractivity contribution in [2.24, 2.45) is 0 Å². The number of nitrogens with one attached hydrogen (secondary N) is 2. The quantitative estimate of drug-likeness (QED) is 0.620. The van der Waals surface area contributed by atoms with E-state index >= 15 is 0 Å². The molecule has 0 unspecified atom stereocenters. The zero-order valence-corrected chi connectivity index (χ0v) is 16.2. The fraction of sp³-hybridized carbons (Fsp3) is 0.263. The Morgan fingerprint density at radius 3 is 2.74 bits per heavy atom. The lowest BCUT2D eigenvalue weighted by molar-refractivity contribution is 0.0289. The Labute approximate surface area is 169 Å². The number of benzene rings is 1. The molecule has 144 valence electrons. The Morgan fingerprint density at radius 2 is 2.00 bits per heavy atom. The first-order chi connectivity index (χ1) is 12.2. The molecule has 1 amide bonds. The van der Waals surface area contributed by atoms with Crippen molar-refractivity contribution in [3.63, 3.8) is 0 Å². The number of rotatable bonds is 3. The zero-order chi connectivity index (χ0) is 17.3. The van der Waals surface area contributed by atoms with Crippen LogP contribution in [0, 0.1) is 0 Å². The summed E-state index contributed by atoms with van der Waals surface area (Å²) >= 11 is 0. The Balaban J connectivity index is 0.00000131. The number of pyridine rings is 1. The molecule has 1 aliphatic heterocycles. The van der Waals surface area contributed by atoms with Crippen molar-refractivity contribution in [3.8, 4) is 0 Å². The van der Waals surface area contributed by atoms with Crippen LogP contribution in [0.25, 0.3) is 5.65 Å². The van der Waals surface area contributed by atoms with Crippen LogP contribution in [0.3, 0.4) is 0 Å². The van der Waals surface area contributed by atoms with Gasteiger partial charge in [0, 0.05) is 25.1 Å². The topological polar surface area (TPSA) is 78.7 Å². The van der Waals surface area contributed by atoms with Gasteiger partial charge < -0.3 is 20.1 Å². The Bertz CT molecular complexity index is 903. The van der Waals surface area contributed by atoms with E-state index in [1.807, 2.05) is 40.8 Å². The highest BCUT2D eigenvalue weighted by Gasteiger charge is 2.42. The van der Waals surface area contributed by atoms with Gasteiger partial charge in [0.25, 0.3) is 5.91 Å². The standard InChI is InChI=1S/C19H20N4O2.2ClH/c24-16-12-20-9-8-19(16,15-4-2-1-3-5-15)22-18(25)14-6-7-17-21-10-11-23(17)13-14;;/h1-7,10-11,13,16,20,24H,8-9,12H2,(H,22,25);2*1H/t16-,19+;;/m1../s1. The summed E-state index contributed by atoms with van der Waals surface area (Å²) in [6, 6.07) is 13.2. The molecule has 0 spiro atoms. The molecular weight excluding hydrogens is 387 g/mol. The van der Waals surface area contributed by atoms with Crippen molar-refractivity contribution in [2.45, 2.75) is 18.1 Å². The molecule has 6 nitrogen and oxygen atoms in total. The van der Waals surface area contributed by atoms with Gasteiger partial charge in [-0.2, -0.15) is 0 Å². The number of nitrogens with zero attached hydrogens (tertiary/aromatic N) is 2. The number of β-amino-alcohol motifs (C(OH)–C–C–N with tert-alkyl or cyclic N) is 1. The van der Waals surface area contributed by atoms with Crippen LogP contribution in [0.15, 0.2) is 61.1 Å². The van der Waals surface area contributed by atoms with Gasteiger partial charge in [-0.25, -0.2) is 4.98 Å². The van der Waals surface area contributed by atoms with Crippen molar-refractivity contribution in [1.82, 2.24) is 20.0 Å². The molecular formula is C19H22Cl2N4O2. The number of piperidine rings is 1. The summed E-state index contributed by atoms with van der Waals surface area (Å²) in [5, 5.41) is 17.0. The van der Waals surface area contributed by atoms with Crippen molar-refractivity contribution < 1.29 is 9.90 Å². The second-order valence-electron chi connectivity index (χ2n) is 6.37. The van der Waals surface area contributed by atoms with Crippen LogP contribution in [-0.4, -0.2) is 39.6 Å². The van der Waals surface area contributed by atoms with Gasteiger partial charge in [-0.3, -0.25) is 4.79 Å². The summed E-state index contributed by atoms with van der Waals surface area (Å²) in [7, 11) is 0. The molecule has 8 heteroatoms. The lowest BCUT2D eigenvalue weighted by Crippen LogP contribution is -2.61. The van der Waals surface area contributed by atoms with Crippen LogP contribution >= 0.6 is 24.8 Å². The molecule has 4 rings (SSSR count). The van der Waals surface area contributed by atoms with Crippen molar-refractivity contribution in [1.29, 1.82) is 0 Å². The average molecular weight is 409 g/mol. The van der Waals surface area contributed by atoms with E-state index in [0.29, 0.717) is 18.5 Å². The van der Waals surface area contributed by atoms with E-state index in [2.05, 4.69) is 15.6 Å². The third kappa shape index (κ3) is 3.94. The molecule has 0 aliphatic carbocycles. The maximum Gasteiger partial charge on any atom is 0.253 e. The van der Waals surface area contributed by atoms with Gasteiger partial charge in [-0.15, -0.1) is 24.8 Å². The summed E-state index contributed by atoms with van der Waals surface area (Å²) in [6.07, 6.45) is 5.17. The molecule has 1 aliphatic rings. The maximum atomic E-state index is 12.9. The molecule has 1 fully saturated rings. The first-order valence-electron chi connectivity index (χ1n) is 8.39. The van der Waals surface area contributed by atoms with Crippen LogP contribution in [0.2, 0.25) is 0 Å². The highest BCUT2D eigenvalue weighted by atomic mass is 35.5. The van der Waals surface area contributed by atoms with Gasteiger partial charge in [0.1, 0.15) is 5.65 Å². The minimum Gasteiger partial charge on any atom is -0.389 e. The molecule has 3 aromatic rings. The Kier molecular flexibility index (Phi) is 6.84. The number of aromatic nitrogens is 2. The largest absolute Gasteiger partial charge is 0.389 e. The second kappa shape index (κ2) is 8.71. The van der Waals surface area contributed by atoms with E-state index in [4.69, 9.17) is 0 Å². The molecule has 2 aromatic heterocycles. The third-order valence-electron chi connectivity index (χ3n) is 4.88. The predicted molar refractivity (Wildman–Crippen MR) is 109 cm³/mol. The van der Waals surface area contributed by atoms with E-state index < -0.39 is 11.6 Å². The summed E-state index contributed by atoms with van der Waals surface area (Å²) in [4.78, 5) is 17.1. The lowest BCUT2D eigenvalue weighted by atomic mass is 9.79. The molecule has 3 N–H and O–H groups in total. The van der Waals surface area contributed by atoms with E-state index in [9.17, 15) is 9.90 Å². The zero-order valence-electron chi connectivity index (χ0n) is 14.5. The number of hydrogen-bond donors (Lipinski definition) is 3. The average Bonchev–Trinajstić information content (AvgIpc) is 3.12. The van der Waals surface area contributed by atoms with Crippen LogP contribution in [0.1, 0.15) is 22.3 Å². The third-order valence-corrected chi connectivity index (χ3v) is 4.88. The Hall–Kier alpha value is -2.12. The number of hydrogen-bond acceptors (Lipinski definition) is 4. The number of fused-ring (bicyclic) bond motifs is 1. The molecule has 0 saturated carbocycles. The smallest absolute Gasteiger partial charge is 0.253 e. The molecule has 0 radical (unpaired) electrons. The van der Waals surface area contributed by atoms with Crippen LogP contribution in [0.5, 0.6) is 0 Å². The molecule has 1 saturated heterocycles. The molecule has 2 atom stereocenters. The van der Waals surface area contributed by atoms with Gasteiger partial charge in [0.05, 0.1) is 17.2 Å². The van der Waals surface area contributed by atoms with E-state index in [1.165, 1.54) is 0 Å². The Morgan fingerprint density at radius 1 is 1.22 bits per heavy atom. The number of carbonyl (C=O) groups is 1. The summed E-state index contributed by atoms with van der Waals surface area (Å²) in [5.74, 6) is -0.208. The lowest BCUT2D eigenvalue weighted by Gasteiger charge is -2.43. The van der Waals surface area contributed by atoms with Crippen molar-refractivity contribution >= 4 is 36.4 Å². The highest BCUT2D eigenvalue weighted by Crippen LogP contribution is 2.31. The number of imidazole rings is 1. The first-order valence-corrected chi connectivity index (χ1v) is 8.39. The number of carbonyl (C=O) groups excluding carboxylic acids is 1. The van der Waals surface area contributed by atoms with Crippen LogP contribution in [0.4, 0.5) is 0 Å². The SMILES string of the molecule is Cl.Cl.O=C(N[C@]1(c2ccccc2)CCNC[C@H]1O)c1ccc2nccn2c1. The number of halogens is 2. The maximum absolute atomic E-state index is 12.9. The van der Waals surface area contributed by atoms with Gasteiger partial charge in [0.2, 0.25) is 0 Å². The van der Waals surface area contributed by atoms with Gasteiger partial charge in [-0.1, -0.05) is 30.3 Å². The fourth-order valence-corrected chi connectivity index (χ4v) is 3.48. The molecule has 1 aromatic carbocycles. The molecule has 0 bridgehead atoms. The summed E-state index contributed by atoms with van der Waals surface area (Å²) < 4.78 is 1.81. The molecule has 3 heterocycles. The summed E-state index contributed by atoms with van der Waals surface area (Å²) in [6.45, 7) is 1.17. The molecule has 27 heavy (non-hydrogen) atoms. The minimum absolute atomic E-state index is 0. The van der Waals surface area contributed by atoms with Gasteiger partial charge >= 0.3 is 0 Å². The predicted octanol–water partition coefficient (Wildman–Crippen LogP) is 2.16. The van der Waals surface area contributed by atoms with E-state index in [0.717, 1.165) is 17.8 Å². The summed E-state index contributed by atoms with van der Waals surface area (Å²) in [5.41, 5.74) is 1.44. The first kappa shape index (κ1) is 21.2. The van der Waals surface area contributed by atoms with Gasteiger partial charge in [0.15, 0.2) is 0 Å². The fourth-order valence-electron chi connectivity index (χ4n) is 3.48. The van der Waals surface area contributed by atoms with Crippen LogP contribution in [-0.2, 0) is 5.54 Å². The number of aliphatic hydroxyl groups is 1. The normalized spacial score (nSPS) is 21.7.